The highest BCUT2D eigenvalue weighted by Gasteiger charge is 2.29. The fraction of sp³-hybridized carbons (Fsp3) is 0.278. The molecule has 3 heteroatoms. The second-order valence-electron chi connectivity index (χ2n) is 5.80. The van der Waals surface area contributed by atoms with Gasteiger partial charge >= 0.3 is 0 Å². The number of ketones is 1. The van der Waals surface area contributed by atoms with E-state index in [4.69, 9.17) is 0 Å². The highest BCUT2D eigenvalue weighted by atomic mass is 19.1. The van der Waals surface area contributed by atoms with Gasteiger partial charge in [0, 0.05) is 11.8 Å². The second kappa shape index (κ2) is 5.76. The lowest BCUT2D eigenvalue weighted by Gasteiger charge is -2.24. The molecule has 0 saturated carbocycles. The van der Waals surface area contributed by atoms with E-state index < -0.39 is 5.41 Å². The summed E-state index contributed by atoms with van der Waals surface area (Å²) >= 11 is 0. The smallest absolute Gasteiger partial charge is 0.147 e. The van der Waals surface area contributed by atoms with Crippen molar-refractivity contribution >= 4 is 5.78 Å². The Bertz CT molecular complexity index is 657. The minimum Gasteiger partial charge on any atom is -0.298 e. The SMILES string of the molecule is Cc1ccc(F)cc1CC(=O)C(C)(C)c1ccc(F)cc1. The number of aryl methyl sites for hydroxylation is 1. The predicted molar refractivity (Wildman–Crippen MR) is 79.3 cm³/mol. The van der Waals surface area contributed by atoms with E-state index in [1.165, 1.54) is 24.3 Å². The van der Waals surface area contributed by atoms with E-state index in [1.54, 1.807) is 32.0 Å². The Kier molecular flexibility index (Phi) is 4.21. The van der Waals surface area contributed by atoms with Crippen LogP contribution in [0.2, 0.25) is 0 Å². The topological polar surface area (TPSA) is 17.1 Å². The summed E-state index contributed by atoms with van der Waals surface area (Å²) in [5.74, 6) is -0.700. The highest BCUT2D eigenvalue weighted by Crippen LogP contribution is 2.27. The van der Waals surface area contributed by atoms with Gasteiger partial charge in [-0.15, -0.1) is 0 Å². The van der Waals surface area contributed by atoms with Gasteiger partial charge in [0.05, 0.1) is 0 Å². The van der Waals surface area contributed by atoms with Crippen LogP contribution in [0.25, 0.3) is 0 Å². The third-order valence-corrected chi connectivity index (χ3v) is 3.93. The summed E-state index contributed by atoms with van der Waals surface area (Å²) in [6.45, 7) is 5.46. The molecular formula is C18H18F2O. The maximum Gasteiger partial charge on any atom is 0.147 e. The van der Waals surface area contributed by atoms with E-state index >= 15 is 0 Å². The molecule has 0 radical (unpaired) electrons. The largest absolute Gasteiger partial charge is 0.298 e. The Balaban J connectivity index is 2.26. The van der Waals surface area contributed by atoms with E-state index in [1.807, 2.05) is 6.92 Å². The van der Waals surface area contributed by atoms with Gasteiger partial charge in [-0.3, -0.25) is 4.79 Å². The molecule has 0 aliphatic carbocycles. The highest BCUT2D eigenvalue weighted by molar-refractivity contribution is 5.91. The van der Waals surface area contributed by atoms with Crippen molar-refractivity contribution in [3.8, 4) is 0 Å². The summed E-state index contributed by atoms with van der Waals surface area (Å²) in [7, 11) is 0. The van der Waals surface area contributed by atoms with Gasteiger partial charge in [0.2, 0.25) is 0 Å². The number of benzene rings is 2. The van der Waals surface area contributed by atoms with Crippen LogP contribution in [0.1, 0.15) is 30.5 Å². The number of rotatable bonds is 4. The maximum atomic E-state index is 13.3. The van der Waals surface area contributed by atoms with Crippen molar-refractivity contribution in [1.29, 1.82) is 0 Å². The average molecular weight is 288 g/mol. The Hall–Kier alpha value is -2.03. The number of carbonyl (C=O) groups is 1. The molecule has 110 valence electrons. The first kappa shape index (κ1) is 15.4. The normalized spacial score (nSPS) is 11.5. The molecule has 1 nitrogen and oxygen atoms in total. The van der Waals surface area contributed by atoms with Crippen LogP contribution < -0.4 is 0 Å². The fourth-order valence-electron chi connectivity index (χ4n) is 2.25. The van der Waals surface area contributed by atoms with Crippen LogP contribution in [0.15, 0.2) is 42.5 Å². The third-order valence-electron chi connectivity index (χ3n) is 3.93. The lowest BCUT2D eigenvalue weighted by Crippen LogP contribution is -2.30. The van der Waals surface area contributed by atoms with Crippen molar-refractivity contribution < 1.29 is 13.6 Å². The molecule has 0 fully saturated rings. The van der Waals surface area contributed by atoms with Crippen LogP contribution in [-0.4, -0.2) is 5.78 Å². The number of carbonyl (C=O) groups excluding carboxylic acids is 1. The van der Waals surface area contributed by atoms with Gasteiger partial charge in [0.15, 0.2) is 0 Å². The molecule has 2 aromatic carbocycles. The predicted octanol–water partition coefficient (Wildman–Crippen LogP) is 4.36. The van der Waals surface area contributed by atoms with Gasteiger partial charge in [-0.05, 0) is 61.7 Å². The fourth-order valence-corrected chi connectivity index (χ4v) is 2.25. The lowest BCUT2D eigenvalue weighted by atomic mass is 9.78. The Morgan fingerprint density at radius 1 is 1.00 bits per heavy atom. The van der Waals surface area contributed by atoms with Gasteiger partial charge < -0.3 is 0 Å². The van der Waals surface area contributed by atoms with Crippen LogP contribution >= 0.6 is 0 Å². The first-order chi connectivity index (χ1) is 9.80. The van der Waals surface area contributed by atoms with E-state index in [0.29, 0.717) is 5.56 Å². The summed E-state index contributed by atoms with van der Waals surface area (Å²) in [5.41, 5.74) is 1.59. The molecule has 0 saturated heterocycles. The van der Waals surface area contributed by atoms with E-state index in [0.717, 1.165) is 11.1 Å². The summed E-state index contributed by atoms with van der Waals surface area (Å²) in [4.78, 5) is 12.6. The van der Waals surface area contributed by atoms with Crippen molar-refractivity contribution in [2.45, 2.75) is 32.6 Å². The van der Waals surface area contributed by atoms with E-state index in [-0.39, 0.29) is 23.8 Å². The summed E-state index contributed by atoms with van der Waals surface area (Å²) in [5, 5.41) is 0. The first-order valence-electron chi connectivity index (χ1n) is 6.85. The molecule has 0 unspecified atom stereocenters. The molecule has 0 aliphatic heterocycles. The Morgan fingerprint density at radius 2 is 1.57 bits per heavy atom. The molecule has 0 N–H and O–H groups in total. The second-order valence-corrected chi connectivity index (χ2v) is 5.80. The maximum absolute atomic E-state index is 13.3. The minimum absolute atomic E-state index is 0.0252. The van der Waals surface area contributed by atoms with E-state index in [2.05, 4.69) is 0 Å². The Morgan fingerprint density at radius 3 is 2.19 bits per heavy atom. The van der Waals surface area contributed by atoms with Gasteiger partial charge in [-0.2, -0.15) is 0 Å². The summed E-state index contributed by atoms with van der Waals surface area (Å²) in [6.07, 6.45) is 0.161. The molecular weight excluding hydrogens is 270 g/mol. The van der Waals surface area contributed by atoms with Crippen LogP contribution in [0.3, 0.4) is 0 Å². The quantitative estimate of drug-likeness (QED) is 0.817. The molecule has 0 amide bonds. The van der Waals surface area contributed by atoms with Crippen LogP contribution in [0, 0.1) is 18.6 Å². The first-order valence-corrected chi connectivity index (χ1v) is 6.85. The van der Waals surface area contributed by atoms with Crippen molar-refractivity contribution in [1.82, 2.24) is 0 Å². The number of halogens is 2. The van der Waals surface area contributed by atoms with Crippen LogP contribution in [0.5, 0.6) is 0 Å². The standard InChI is InChI=1S/C18H18F2O/c1-12-4-7-16(20)10-13(12)11-17(21)18(2,3)14-5-8-15(19)9-6-14/h4-10H,11H2,1-3H3. The van der Waals surface area contributed by atoms with Crippen LogP contribution in [0.4, 0.5) is 8.78 Å². The van der Waals surface area contributed by atoms with Crippen molar-refractivity contribution in [2.24, 2.45) is 0 Å². The lowest BCUT2D eigenvalue weighted by molar-refractivity contribution is -0.122. The molecule has 2 rings (SSSR count). The molecule has 21 heavy (non-hydrogen) atoms. The Labute approximate surface area is 123 Å². The molecule has 0 spiro atoms. The van der Waals surface area contributed by atoms with Gasteiger partial charge in [-0.1, -0.05) is 18.2 Å². The average Bonchev–Trinajstić information content (AvgIpc) is 2.43. The van der Waals surface area contributed by atoms with Gasteiger partial charge in [0.1, 0.15) is 17.4 Å². The molecule has 0 aliphatic rings. The third kappa shape index (κ3) is 3.35. The molecule has 0 heterocycles. The number of Topliss-reactive ketones (excluding diaryl/α,β-unsaturated/α-hetero) is 1. The van der Waals surface area contributed by atoms with Crippen molar-refractivity contribution in [2.75, 3.05) is 0 Å². The molecule has 0 bridgehead atoms. The van der Waals surface area contributed by atoms with Crippen molar-refractivity contribution in [3.05, 3.63) is 70.8 Å². The van der Waals surface area contributed by atoms with Gasteiger partial charge in [-0.25, -0.2) is 8.78 Å². The summed E-state index contributed by atoms with van der Waals surface area (Å²) in [6, 6.07) is 10.4. The monoisotopic (exact) mass is 288 g/mol. The zero-order chi connectivity index (χ0) is 15.6. The van der Waals surface area contributed by atoms with Crippen molar-refractivity contribution in [3.63, 3.8) is 0 Å². The number of hydrogen-bond acceptors (Lipinski definition) is 1. The minimum atomic E-state index is -0.744. The van der Waals surface area contributed by atoms with Gasteiger partial charge in [0.25, 0.3) is 0 Å². The van der Waals surface area contributed by atoms with Crippen LogP contribution in [-0.2, 0) is 16.6 Å². The molecule has 2 aromatic rings. The number of hydrogen-bond donors (Lipinski definition) is 0. The summed E-state index contributed by atoms with van der Waals surface area (Å²) < 4.78 is 26.3. The molecule has 0 atom stereocenters. The zero-order valence-corrected chi connectivity index (χ0v) is 12.4. The molecule has 0 aromatic heterocycles. The van der Waals surface area contributed by atoms with E-state index in [9.17, 15) is 13.6 Å². The zero-order valence-electron chi connectivity index (χ0n) is 12.4.